The molecule has 23 heavy (non-hydrogen) atoms. The quantitative estimate of drug-likeness (QED) is 0.785. The Bertz CT molecular complexity index is 549. The second-order valence-corrected chi connectivity index (χ2v) is 6.22. The average molecular weight is 316 g/mol. The zero-order chi connectivity index (χ0) is 16.1. The summed E-state index contributed by atoms with van der Waals surface area (Å²) in [5.41, 5.74) is 1.18. The molecule has 3 amide bonds. The van der Waals surface area contributed by atoms with Crippen LogP contribution >= 0.6 is 0 Å². The minimum atomic E-state index is -0.413. The first-order valence-electron chi connectivity index (χ1n) is 8.37. The van der Waals surface area contributed by atoms with E-state index in [1.165, 1.54) is 5.69 Å². The average Bonchev–Trinajstić information content (AvgIpc) is 2.93. The third-order valence-electron chi connectivity index (χ3n) is 4.49. The molecule has 0 bridgehead atoms. The lowest BCUT2D eigenvalue weighted by Crippen LogP contribution is -2.51. The summed E-state index contributed by atoms with van der Waals surface area (Å²) in [6, 6.07) is 9.66. The first-order chi connectivity index (χ1) is 11.2. The monoisotopic (exact) mass is 316 g/mol. The van der Waals surface area contributed by atoms with Gasteiger partial charge < -0.3 is 20.9 Å². The van der Waals surface area contributed by atoms with E-state index in [2.05, 4.69) is 33.0 Å². The maximum absolute atomic E-state index is 12.1. The molecule has 6 heteroatoms. The summed E-state index contributed by atoms with van der Waals surface area (Å²) >= 11 is 0. The van der Waals surface area contributed by atoms with Crippen LogP contribution in [0.4, 0.5) is 10.5 Å². The number of rotatable bonds is 3. The summed E-state index contributed by atoms with van der Waals surface area (Å²) in [6.45, 7) is 2.43. The second-order valence-electron chi connectivity index (χ2n) is 6.22. The molecule has 3 rings (SSSR count). The fourth-order valence-electron chi connectivity index (χ4n) is 3.21. The van der Waals surface area contributed by atoms with E-state index in [-0.39, 0.29) is 18.0 Å². The van der Waals surface area contributed by atoms with Crippen LogP contribution in [0.1, 0.15) is 25.7 Å². The van der Waals surface area contributed by atoms with E-state index in [1.807, 2.05) is 18.2 Å². The molecule has 0 radical (unpaired) electrons. The van der Waals surface area contributed by atoms with Gasteiger partial charge in [-0.1, -0.05) is 18.2 Å². The first kappa shape index (κ1) is 15.6. The lowest BCUT2D eigenvalue weighted by molar-refractivity contribution is -0.122. The molecule has 3 N–H and O–H groups in total. The van der Waals surface area contributed by atoms with Crippen molar-refractivity contribution >= 4 is 17.6 Å². The standard InChI is InChI=1S/C17H24N4O2/c22-16-15(8-4-5-10-18-16)20-17(23)19-13-9-11-21(12-13)14-6-2-1-3-7-14/h1-3,6-7,13,15H,4-5,8-12H2,(H,18,22)(H2,19,20,23)/t13-,15-/m0/s1. The smallest absolute Gasteiger partial charge is 0.315 e. The molecule has 2 saturated heterocycles. The maximum atomic E-state index is 12.1. The van der Waals surface area contributed by atoms with Crippen LogP contribution in [0.2, 0.25) is 0 Å². The maximum Gasteiger partial charge on any atom is 0.315 e. The molecule has 2 heterocycles. The van der Waals surface area contributed by atoms with Gasteiger partial charge in [-0.2, -0.15) is 0 Å². The van der Waals surface area contributed by atoms with Gasteiger partial charge in [0.2, 0.25) is 5.91 Å². The molecule has 6 nitrogen and oxygen atoms in total. The SMILES string of the molecule is O=C(N[C@H]1CCN(c2ccccc2)C1)N[C@H]1CCCCNC1=O. The van der Waals surface area contributed by atoms with Crippen molar-refractivity contribution in [2.24, 2.45) is 0 Å². The molecular formula is C17H24N4O2. The third-order valence-corrected chi connectivity index (χ3v) is 4.49. The molecular weight excluding hydrogens is 292 g/mol. The number of carbonyl (C=O) groups excluding carboxylic acids is 2. The zero-order valence-electron chi connectivity index (χ0n) is 13.3. The Labute approximate surface area is 136 Å². The summed E-state index contributed by atoms with van der Waals surface area (Å²) in [7, 11) is 0. The Balaban J connectivity index is 1.48. The van der Waals surface area contributed by atoms with E-state index < -0.39 is 6.04 Å². The van der Waals surface area contributed by atoms with E-state index >= 15 is 0 Å². The minimum Gasteiger partial charge on any atom is -0.369 e. The highest BCUT2D eigenvalue weighted by Crippen LogP contribution is 2.19. The van der Waals surface area contributed by atoms with Crippen molar-refractivity contribution < 1.29 is 9.59 Å². The predicted molar refractivity (Wildman–Crippen MR) is 89.4 cm³/mol. The molecule has 2 aliphatic heterocycles. The van der Waals surface area contributed by atoms with Crippen molar-refractivity contribution in [1.82, 2.24) is 16.0 Å². The molecule has 0 aromatic heterocycles. The number of hydrogen-bond acceptors (Lipinski definition) is 3. The predicted octanol–water partition coefficient (Wildman–Crippen LogP) is 1.23. The number of anilines is 1. The van der Waals surface area contributed by atoms with E-state index in [9.17, 15) is 9.59 Å². The van der Waals surface area contributed by atoms with Crippen LogP contribution in [-0.2, 0) is 4.79 Å². The van der Waals surface area contributed by atoms with Gasteiger partial charge in [0.15, 0.2) is 0 Å². The number of urea groups is 1. The van der Waals surface area contributed by atoms with Crippen molar-refractivity contribution in [3.8, 4) is 0 Å². The van der Waals surface area contributed by atoms with E-state index in [4.69, 9.17) is 0 Å². The fourth-order valence-corrected chi connectivity index (χ4v) is 3.21. The van der Waals surface area contributed by atoms with Crippen LogP contribution in [0.3, 0.4) is 0 Å². The summed E-state index contributed by atoms with van der Waals surface area (Å²) in [5.74, 6) is -0.0741. The number of benzene rings is 1. The molecule has 1 aromatic carbocycles. The molecule has 0 saturated carbocycles. The summed E-state index contributed by atoms with van der Waals surface area (Å²) in [6.07, 6.45) is 3.55. The largest absolute Gasteiger partial charge is 0.369 e. The lowest BCUT2D eigenvalue weighted by Gasteiger charge is -2.20. The zero-order valence-corrected chi connectivity index (χ0v) is 13.3. The molecule has 2 fully saturated rings. The van der Waals surface area contributed by atoms with E-state index in [0.717, 1.165) is 32.4 Å². The van der Waals surface area contributed by atoms with Crippen molar-refractivity contribution in [1.29, 1.82) is 0 Å². The van der Waals surface area contributed by atoms with Crippen LogP contribution < -0.4 is 20.9 Å². The van der Waals surface area contributed by atoms with Gasteiger partial charge in [-0.25, -0.2) is 4.79 Å². The Kier molecular flexibility index (Phi) is 5.00. The number of nitrogens with zero attached hydrogens (tertiary/aromatic N) is 1. The van der Waals surface area contributed by atoms with Gasteiger partial charge in [-0.05, 0) is 37.8 Å². The Morgan fingerprint density at radius 2 is 1.96 bits per heavy atom. The third kappa shape index (κ3) is 4.15. The van der Waals surface area contributed by atoms with Crippen LogP contribution in [0.25, 0.3) is 0 Å². The summed E-state index contributed by atoms with van der Waals surface area (Å²) < 4.78 is 0. The molecule has 0 spiro atoms. The Hall–Kier alpha value is -2.24. The van der Waals surface area contributed by atoms with Crippen LogP contribution in [0.15, 0.2) is 30.3 Å². The van der Waals surface area contributed by atoms with Gasteiger partial charge >= 0.3 is 6.03 Å². The fraction of sp³-hybridized carbons (Fsp3) is 0.529. The Morgan fingerprint density at radius 1 is 1.13 bits per heavy atom. The van der Waals surface area contributed by atoms with Gasteiger partial charge in [0.25, 0.3) is 0 Å². The Morgan fingerprint density at radius 3 is 2.78 bits per heavy atom. The normalized spacial score (nSPS) is 24.7. The van der Waals surface area contributed by atoms with Gasteiger partial charge in [-0.3, -0.25) is 4.79 Å². The van der Waals surface area contributed by atoms with Gasteiger partial charge in [0.05, 0.1) is 0 Å². The van der Waals surface area contributed by atoms with Crippen molar-refractivity contribution in [2.45, 2.75) is 37.8 Å². The molecule has 0 aliphatic carbocycles. The highest BCUT2D eigenvalue weighted by molar-refractivity contribution is 5.87. The van der Waals surface area contributed by atoms with Crippen LogP contribution in [0.5, 0.6) is 0 Å². The van der Waals surface area contributed by atoms with Gasteiger partial charge in [0, 0.05) is 31.4 Å². The highest BCUT2D eigenvalue weighted by Gasteiger charge is 2.26. The van der Waals surface area contributed by atoms with Crippen LogP contribution in [-0.4, -0.2) is 43.7 Å². The minimum absolute atomic E-state index is 0.0741. The van der Waals surface area contributed by atoms with Crippen LogP contribution in [0, 0.1) is 0 Å². The lowest BCUT2D eigenvalue weighted by atomic mass is 10.1. The van der Waals surface area contributed by atoms with Crippen molar-refractivity contribution in [2.75, 3.05) is 24.5 Å². The first-order valence-corrected chi connectivity index (χ1v) is 8.37. The molecule has 2 aliphatic rings. The van der Waals surface area contributed by atoms with Crippen molar-refractivity contribution in [3.63, 3.8) is 0 Å². The highest BCUT2D eigenvalue weighted by atomic mass is 16.2. The van der Waals surface area contributed by atoms with Gasteiger partial charge in [-0.15, -0.1) is 0 Å². The molecule has 1 aromatic rings. The van der Waals surface area contributed by atoms with E-state index in [1.54, 1.807) is 0 Å². The number of nitrogens with one attached hydrogen (secondary N) is 3. The molecule has 0 unspecified atom stereocenters. The van der Waals surface area contributed by atoms with Crippen molar-refractivity contribution in [3.05, 3.63) is 30.3 Å². The second kappa shape index (κ2) is 7.35. The van der Waals surface area contributed by atoms with E-state index in [0.29, 0.717) is 13.0 Å². The topological polar surface area (TPSA) is 73.5 Å². The number of amides is 3. The number of carbonyl (C=O) groups is 2. The number of para-hydroxylation sites is 1. The molecule has 124 valence electrons. The summed E-state index contributed by atoms with van der Waals surface area (Å²) in [5, 5.41) is 8.64. The molecule has 2 atom stereocenters. The van der Waals surface area contributed by atoms with Gasteiger partial charge in [0.1, 0.15) is 6.04 Å². The summed E-state index contributed by atoms with van der Waals surface area (Å²) in [4.78, 5) is 26.3. The number of hydrogen-bond donors (Lipinski definition) is 3.